The molecule has 0 saturated carbocycles. The van der Waals surface area contributed by atoms with Crippen LogP contribution in [0.25, 0.3) is 0 Å². The standard InChI is InChI=1S/C10H7BrFN3O2/c11-6-2-1-5(3-7(6)12)17-10-8(13)9(16)14-4-15-10/h1-4H,13H2,(H,14,15,16). The average molecular weight is 300 g/mol. The van der Waals surface area contributed by atoms with E-state index in [1.807, 2.05) is 0 Å². The van der Waals surface area contributed by atoms with E-state index in [9.17, 15) is 9.18 Å². The second-order valence-electron chi connectivity index (χ2n) is 3.13. The molecule has 0 atom stereocenters. The number of nitrogen functional groups attached to an aromatic ring is 1. The molecule has 17 heavy (non-hydrogen) atoms. The first-order chi connectivity index (χ1) is 8.08. The molecule has 0 bridgehead atoms. The van der Waals surface area contributed by atoms with E-state index in [0.29, 0.717) is 4.47 Å². The van der Waals surface area contributed by atoms with Gasteiger partial charge in [0.25, 0.3) is 5.56 Å². The summed E-state index contributed by atoms with van der Waals surface area (Å²) in [5.74, 6) is -0.336. The van der Waals surface area contributed by atoms with Crippen molar-refractivity contribution in [2.75, 3.05) is 5.73 Å². The SMILES string of the molecule is Nc1c(Oc2ccc(Br)c(F)c2)nc[nH]c1=O. The molecule has 0 aliphatic rings. The van der Waals surface area contributed by atoms with Gasteiger partial charge in [0.15, 0.2) is 5.69 Å². The van der Waals surface area contributed by atoms with Gasteiger partial charge in [-0.1, -0.05) is 0 Å². The van der Waals surface area contributed by atoms with Crippen LogP contribution in [0.2, 0.25) is 0 Å². The molecule has 0 spiro atoms. The lowest BCUT2D eigenvalue weighted by molar-refractivity contribution is 0.458. The Morgan fingerprint density at radius 1 is 1.47 bits per heavy atom. The molecule has 0 saturated heterocycles. The highest BCUT2D eigenvalue weighted by molar-refractivity contribution is 9.10. The summed E-state index contributed by atoms with van der Waals surface area (Å²) in [6.07, 6.45) is 1.16. The van der Waals surface area contributed by atoms with Gasteiger partial charge in [0.2, 0.25) is 5.88 Å². The van der Waals surface area contributed by atoms with Crippen molar-refractivity contribution in [3.8, 4) is 11.6 Å². The molecule has 1 aromatic carbocycles. The first kappa shape index (κ1) is 11.6. The zero-order chi connectivity index (χ0) is 12.4. The number of hydrogen-bond acceptors (Lipinski definition) is 4. The number of anilines is 1. The molecule has 0 radical (unpaired) electrons. The van der Waals surface area contributed by atoms with Gasteiger partial charge in [0.1, 0.15) is 11.6 Å². The second kappa shape index (κ2) is 4.54. The minimum atomic E-state index is -0.507. The van der Waals surface area contributed by atoms with Crippen LogP contribution >= 0.6 is 15.9 Å². The van der Waals surface area contributed by atoms with Crippen molar-refractivity contribution in [1.82, 2.24) is 9.97 Å². The van der Waals surface area contributed by atoms with E-state index < -0.39 is 11.4 Å². The summed E-state index contributed by atoms with van der Waals surface area (Å²) in [6.45, 7) is 0. The van der Waals surface area contributed by atoms with Crippen LogP contribution in [-0.4, -0.2) is 9.97 Å². The van der Waals surface area contributed by atoms with E-state index >= 15 is 0 Å². The number of halogens is 2. The molecule has 3 N–H and O–H groups in total. The molecule has 0 aliphatic carbocycles. The summed E-state index contributed by atoms with van der Waals surface area (Å²) in [6, 6.07) is 4.16. The molecular formula is C10H7BrFN3O2. The molecule has 2 aromatic rings. The predicted molar refractivity (Wildman–Crippen MR) is 63.4 cm³/mol. The number of aromatic nitrogens is 2. The van der Waals surface area contributed by atoms with Crippen molar-refractivity contribution in [2.45, 2.75) is 0 Å². The van der Waals surface area contributed by atoms with Gasteiger partial charge in [-0.05, 0) is 28.1 Å². The Balaban J connectivity index is 2.35. The number of benzene rings is 1. The molecule has 1 aromatic heterocycles. The molecule has 0 aliphatic heterocycles. The lowest BCUT2D eigenvalue weighted by Crippen LogP contribution is -2.13. The van der Waals surface area contributed by atoms with Crippen LogP contribution in [0.1, 0.15) is 0 Å². The molecular weight excluding hydrogens is 293 g/mol. The summed E-state index contributed by atoms with van der Waals surface area (Å²) in [5.41, 5.74) is 4.80. The minimum Gasteiger partial charge on any atom is -0.437 e. The molecule has 0 amide bonds. The van der Waals surface area contributed by atoms with Crippen molar-refractivity contribution in [3.63, 3.8) is 0 Å². The molecule has 7 heteroatoms. The summed E-state index contributed by atoms with van der Waals surface area (Å²) in [4.78, 5) is 17.2. The van der Waals surface area contributed by atoms with E-state index in [0.717, 1.165) is 12.4 Å². The van der Waals surface area contributed by atoms with E-state index in [1.165, 1.54) is 12.1 Å². The van der Waals surface area contributed by atoms with Crippen molar-refractivity contribution in [3.05, 3.63) is 45.2 Å². The lowest BCUT2D eigenvalue weighted by Gasteiger charge is -2.06. The van der Waals surface area contributed by atoms with Crippen LogP contribution < -0.4 is 16.0 Å². The normalized spacial score (nSPS) is 10.2. The maximum atomic E-state index is 13.2. The van der Waals surface area contributed by atoms with Crippen LogP contribution in [0.15, 0.2) is 33.8 Å². The van der Waals surface area contributed by atoms with E-state index in [2.05, 4.69) is 25.9 Å². The average Bonchev–Trinajstić information content (AvgIpc) is 2.30. The van der Waals surface area contributed by atoms with Gasteiger partial charge in [0, 0.05) is 6.07 Å². The van der Waals surface area contributed by atoms with Crippen molar-refractivity contribution in [2.24, 2.45) is 0 Å². The number of nitrogens with one attached hydrogen (secondary N) is 1. The number of nitrogens with zero attached hydrogens (tertiary/aromatic N) is 1. The Bertz CT molecular complexity index is 615. The first-order valence-electron chi connectivity index (χ1n) is 4.54. The van der Waals surface area contributed by atoms with Gasteiger partial charge >= 0.3 is 0 Å². The Kier molecular flexibility index (Phi) is 3.10. The molecule has 5 nitrogen and oxygen atoms in total. The summed E-state index contributed by atoms with van der Waals surface area (Å²) >= 11 is 3.01. The van der Waals surface area contributed by atoms with Gasteiger partial charge in [0.05, 0.1) is 10.8 Å². The Morgan fingerprint density at radius 2 is 2.24 bits per heavy atom. The topological polar surface area (TPSA) is 81.0 Å². The minimum absolute atomic E-state index is 0.0597. The lowest BCUT2D eigenvalue weighted by atomic mass is 10.3. The van der Waals surface area contributed by atoms with Crippen LogP contribution in [-0.2, 0) is 0 Å². The van der Waals surface area contributed by atoms with Gasteiger partial charge in [-0.2, -0.15) is 0 Å². The number of hydrogen-bond donors (Lipinski definition) is 2. The molecule has 0 fully saturated rings. The Labute approximate surface area is 104 Å². The Morgan fingerprint density at radius 3 is 2.94 bits per heavy atom. The monoisotopic (exact) mass is 299 g/mol. The van der Waals surface area contributed by atoms with E-state index in [-0.39, 0.29) is 17.3 Å². The fourth-order valence-electron chi connectivity index (χ4n) is 1.13. The van der Waals surface area contributed by atoms with Gasteiger partial charge < -0.3 is 15.5 Å². The van der Waals surface area contributed by atoms with Crippen LogP contribution in [0, 0.1) is 5.82 Å². The Hall–Kier alpha value is -1.89. The molecule has 88 valence electrons. The zero-order valence-electron chi connectivity index (χ0n) is 8.41. The molecule has 1 heterocycles. The number of rotatable bonds is 2. The summed E-state index contributed by atoms with van der Waals surface area (Å²) in [7, 11) is 0. The van der Waals surface area contributed by atoms with Crippen molar-refractivity contribution < 1.29 is 9.13 Å². The van der Waals surface area contributed by atoms with E-state index in [4.69, 9.17) is 10.5 Å². The summed E-state index contributed by atoms with van der Waals surface area (Å²) in [5, 5.41) is 0. The number of H-pyrrole nitrogens is 1. The molecule has 2 rings (SSSR count). The third-order valence-electron chi connectivity index (χ3n) is 1.96. The van der Waals surface area contributed by atoms with E-state index in [1.54, 1.807) is 0 Å². The largest absolute Gasteiger partial charge is 0.437 e. The van der Waals surface area contributed by atoms with Gasteiger partial charge in [-0.3, -0.25) is 4.79 Å². The van der Waals surface area contributed by atoms with Crippen LogP contribution in [0.4, 0.5) is 10.1 Å². The highest BCUT2D eigenvalue weighted by Gasteiger charge is 2.08. The number of aromatic amines is 1. The van der Waals surface area contributed by atoms with Crippen molar-refractivity contribution >= 4 is 21.6 Å². The predicted octanol–water partition coefficient (Wildman–Crippen LogP) is 2.05. The number of nitrogens with two attached hydrogens (primary N) is 1. The number of ether oxygens (including phenoxy) is 1. The maximum Gasteiger partial charge on any atom is 0.277 e. The molecule has 0 unspecified atom stereocenters. The first-order valence-corrected chi connectivity index (χ1v) is 5.33. The van der Waals surface area contributed by atoms with Gasteiger partial charge in [-0.25, -0.2) is 9.37 Å². The third-order valence-corrected chi connectivity index (χ3v) is 2.60. The fraction of sp³-hybridized carbons (Fsp3) is 0. The van der Waals surface area contributed by atoms with Crippen LogP contribution in [0.3, 0.4) is 0 Å². The summed E-state index contributed by atoms with van der Waals surface area (Å²) < 4.78 is 18.7. The zero-order valence-corrected chi connectivity index (χ0v) is 9.99. The second-order valence-corrected chi connectivity index (χ2v) is 3.98. The van der Waals surface area contributed by atoms with Crippen LogP contribution in [0.5, 0.6) is 11.6 Å². The highest BCUT2D eigenvalue weighted by Crippen LogP contribution is 2.25. The smallest absolute Gasteiger partial charge is 0.277 e. The third kappa shape index (κ3) is 2.44. The highest BCUT2D eigenvalue weighted by atomic mass is 79.9. The maximum absolute atomic E-state index is 13.2. The fourth-order valence-corrected chi connectivity index (χ4v) is 1.37. The quantitative estimate of drug-likeness (QED) is 0.889. The van der Waals surface area contributed by atoms with Crippen molar-refractivity contribution in [1.29, 1.82) is 0 Å². The van der Waals surface area contributed by atoms with Gasteiger partial charge in [-0.15, -0.1) is 0 Å².